The fourth-order valence-corrected chi connectivity index (χ4v) is 2.60. The average molecular weight is 252 g/mol. The lowest BCUT2D eigenvalue weighted by atomic mass is 10.1. The van der Waals surface area contributed by atoms with Gasteiger partial charge in [0.25, 0.3) is 0 Å². The molecule has 4 heteroatoms. The van der Waals surface area contributed by atoms with Gasteiger partial charge in [-0.25, -0.2) is 9.97 Å². The van der Waals surface area contributed by atoms with Gasteiger partial charge >= 0.3 is 0 Å². The number of rotatable bonds is 3. The van der Waals surface area contributed by atoms with E-state index in [-0.39, 0.29) is 0 Å². The lowest BCUT2D eigenvalue weighted by Gasteiger charge is -2.10. The Hall–Kier alpha value is -1.94. The van der Waals surface area contributed by atoms with E-state index in [1.54, 1.807) is 0 Å². The standard InChI is InChI=1S/C15H16N4/c1-2-4-11(5-3-1)17-15-18-13-9-16-8-12(13)14(19-15)10-6-7-10/h1-5,10,16H,6-9H2,(H,17,18,19). The van der Waals surface area contributed by atoms with Crippen LogP contribution in [0.25, 0.3) is 0 Å². The number of para-hydroxylation sites is 1. The minimum Gasteiger partial charge on any atom is -0.324 e. The summed E-state index contributed by atoms with van der Waals surface area (Å²) in [6, 6.07) is 10.1. The first kappa shape index (κ1) is 10.9. The molecule has 1 saturated carbocycles. The maximum atomic E-state index is 4.74. The van der Waals surface area contributed by atoms with Crippen molar-refractivity contribution in [2.75, 3.05) is 5.32 Å². The van der Waals surface area contributed by atoms with Crippen LogP contribution in [0.5, 0.6) is 0 Å². The molecule has 19 heavy (non-hydrogen) atoms. The Morgan fingerprint density at radius 2 is 1.89 bits per heavy atom. The fraction of sp³-hybridized carbons (Fsp3) is 0.333. The van der Waals surface area contributed by atoms with Gasteiger partial charge < -0.3 is 10.6 Å². The number of hydrogen-bond donors (Lipinski definition) is 2. The summed E-state index contributed by atoms with van der Waals surface area (Å²) in [5.41, 5.74) is 4.79. The summed E-state index contributed by atoms with van der Waals surface area (Å²) in [5.74, 6) is 1.39. The van der Waals surface area contributed by atoms with Crippen molar-refractivity contribution < 1.29 is 0 Å². The quantitative estimate of drug-likeness (QED) is 0.881. The number of hydrogen-bond acceptors (Lipinski definition) is 4. The zero-order chi connectivity index (χ0) is 12.7. The molecule has 0 bridgehead atoms. The molecule has 1 aromatic heterocycles. The number of fused-ring (bicyclic) bond motifs is 1. The molecule has 4 rings (SSSR count). The Labute approximate surface area is 112 Å². The van der Waals surface area contributed by atoms with Gasteiger partial charge in [-0.3, -0.25) is 0 Å². The molecule has 1 aliphatic carbocycles. The molecular weight excluding hydrogens is 236 g/mol. The molecule has 0 saturated heterocycles. The van der Waals surface area contributed by atoms with Crippen LogP contribution in [0.2, 0.25) is 0 Å². The van der Waals surface area contributed by atoms with Crippen LogP contribution < -0.4 is 10.6 Å². The molecule has 2 aromatic rings. The number of nitrogens with one attached hydrogen (secondary N) is 2. The van der Waals surface area contributed by atoms with Crippen LogP contribution in [0.1, 0.15) is 35.7 Å². The molecule has 2 N–H and O–H groups in total. The van der Waals surface area contributed by atoms with E-state index >= 15 is 0 Å². The first-order valence-corrected chi connectivity index (χ1v) is 6.82. The van der Waals surface area contributed by atoms with Crippen molar-refractivity contribution in [3.63, 3.8) is 0 Å². The maximum Gasteiger partial charge on any atom is 0.227 e. The van der Waals surface area contributed by atoms with Gasteiger partial charge in [-0.05, 0) is 25.0 Å². The smallest absolute Gasteiger partial charge is 0.227 e. The minimum atomic E-state index is 0.660. The zero-order valence-electron chi connectivity index (χ0n) is 10.7. The first-order valence-electron chi connectivity index (χ1n) is 6.82. The van der Waals surface area contributed by atoms with Crippen LogP contribution in [0.3, 0.4) is 0 Å². The monoisotopic (exact) mass is 252 g/mol. The van der Waals surface area contributed by atoms with Crippen LogP contribution >= 0.6 is 0 Å². The largest absolute Gasteiger partial charge is 0.324 e. The van der Waals surface area contributed by atoms with Gasteiger partial charge in [0.05, 0.1) is 11.4 Å². The van der Waals surface area contributed by atoms with E-state index in [1.165, 1.54) is 24.1 Å². The van der Waals surface area contributed by atoms with E-state index in [0.29, 0.717) is 5.92 Å². The molecule has 0 unspecified atom stereocenters. The van der Waals surface area contributed by atoms with Crippen molar-refractivity contribution in [1.29, 1.82) is 0 Å². The first-order chi connectivity index (χ1) is 9.40. The Kier molecular flexibility index (Phi) is 2.48. The van der Waals surface area contributed by atoms with Crippen LogP contribution in [0.15, 0.2) is 30.3 Å². The van der Waals surface area contributed by atoms with Crippen molar-refractivity contribution in [1.82, 2.24) is 15.3 Å². The van der Waals surface area contributed by atoms with Crippen molar-refractivity contribution >= 4 is 11.6 Å². The molecule has 4 nitrogen and oxygen atoms in total. The Balaban J connectivity index is 1.71. The highest BCUT2D eigenvalue weighted by Gasteiger charge is 2.31. The molecule has 0 amide bonds. The third-order valence-corrected chi connectivity index (χ3v) is 3.71. The summed E-state index contributed by atoms with van der Waals surface area (Å²) >= 11 is 0. The average Bonchev–Trinajstić information content (AvgIpc) is 3.17. The van der Waals surface area contributed by atoms with Crippen LogP contribution in [-0.4, -0.2) is 9.97 Å². The number of nitrogens with zero attached hydrogens (tertiary/aromatic N) is 2. The molecule has 0 radical (unpaired) electrons. The molecule has 0 atom stereocenters. The summed E-state index contributed by atoms with van der Waals surface area (Å²) in [4.78, 5) is 9.37. The third kappa shape index (κ3) is 2.08. The normalized spacial score (nSPS) is 17.3. The molecule has 96 valence electrons. The van der Waals surface area contributed by atoms with E-state index in [4.69, 9.17) is 4.98 Å². The lowest BCUT2D eigenvalue weighted by molar-refractivity contribution is 0.755. The Morgan fingerprint density at radius 3 is 2.68 bits per heavy atom. The van der Waals surface area contributed by atoms with Gasteiger partial charge in [-0.1, -0.05) is 18.2 Å². The summed E-state index contributed by atoms with van der Waals surface area (Å²) in [6.45, 7) is 1.79. The van der Waals surface area contributed by atoms with Crippen molar-refractivity contribution in [3.8, 4) is 0 Å². The SMILES string of the molecule is c1ccc(Nc2nc3c(c(C4CC4)n2)CNC3)cc1. The highest BCUT2D eigenvalue weighted by molar-refractivity contribution is 5.54. The topological polar surface area (TPSA) is 49.8 Å². The highest BCUT2D eigenvalue weighted by atomic mass is 15.1. The predicted molar refractivity (Wildman–Crippen MR) is 74.3 cm³/mol. The number of aromatic nitrogens is 2. The number of anilines is 2. The molecule has 0 spiro atoms. The van der Waals surface area contributed by atoms with Crippen molar-refractivity contribution in [3.05, 3.63) is 47.3 Å². The van der Waals surface area contributed by atoms with Gasteiger partial charge in [0.15, 0.2) is 0 Å². The second-order valence-corrected chi connectivity index (χ2v) is 5.23. The number of benzene rings is 1. The maximum absolute atomic E-state index is 4.74. The van der Waals surface area contributed by atoms with E-state index in [0.717, 1.165) is 30.4 Å². The van der Waals surface area contributed by atoms with E-state index < -0.39 is 0 Å². The summed E-state index contributed by atoms with van der Waals surface area (Å²) < 4.78 is 0. The molecule has 1 fully saturated rings. The third-order valence-electron chi connectivity index (χ3n) is 3.71. The van der Waals surface area contributed by atoms with Crippen molar-refractivity contribution in [2.45, 2.75) is 31.8 Å². The van der Waals surface area contributed by atoms with Gasteiger partial charge in [-0.15, -0.1) is 0 Å². The summed E-state index contributed by atoms with van der Waals surface area (Å²) in [7, 11) is 0. The minimum absolute atomic E-state index is 0.660. The van der Waals surface area contributed by atoms with E-state index in [1.807, 2.05) is 30.3 Å². The van der Waals surface area contributed by atoms with E-state index in [2.05, 4.69) is 15.6 Å². The van der Waals surface area contributed by atoms with Gasteiger partial charge in [-0.2, -0.15) is 0 Å². The second-order valence-electron chi connectivity index (χ2n) is 5.23. The molecule has 1 aromatic carbocycles. The van der Waals surface area contributed by atoms with Gasteiger partial charge in [0, 0.05) is 30.3 Å². The molecule has 2 heterocycles. The molecule has 1 aliphatic heterocycles. The van der Waals surface area contributed by atoms with Crippen LogP contribution in [-0.2, 0) is 13.1 Å². The predicted octanol–water partition coefficient (Wildman–Crippen LogP) is 2.70. The molecular formula is C15H16N4. The van der Waals surface area contributed by atoms with Crippen LogP contribution in [0.4, 0.5) is 11.6 Å². The summed E-state index contributed by atoms with van der Waals surface area (Å²) in [5, 5.41) is 6.68. The Morgan fingerprint density at radius 1 is 1.05 bits per heavy atom. The van der Waals surface area contributed by atoms with Gasteiger partial charge in [0.1, 0.15) is 0 Å². The lowest BCUT2D eigenvalue weighted by Crippen LogP contribution is -2.05. The van der Waals surface area contributed by atoms with Crippen molar-refractivity contribution in [2.24, 2.45) is 0 Å². The van der Waals surface area contributed by atoms with Gasteiger partial charge in [0.2, 0.25) is 5.95 Å². The van der Waals surface area contributed by atoms with Crippen LogP contribution in [0, 0.1) is 0 Å². The fourth-order valence-electron chi connectivity index (χ4n) is 2.60. The Bertz CT molecular complexity index is 605. The second kappa shape index (κ2) is 4.31. The zero-order valence-corrected chi connectivity index (χ0v) is 10.7. The summed E-state index contributed by atoms with van der Waals surface area (Å²) in [6.07, 6.45) is 2.54. The molecule has 2 aliphatic rings. The van der Waals surface area contributed by atoms with E-state index in [9.17, 15) is 0 Å². The highest BCUT2D eigenvalue weighted by Crippen LogP contribution is 2.42.